The number of nitrogens with two attached hydrogens (primary N) is 1. The number of phenolic OH excluding ortho intramolecular Hbond substituents is 2. The Morgan fingerprint density at radius 2 is 2.13 bits per heavy atom. The Morgan fingerprint density at radius 1 is 1.47 bits per heavy atom. The second-order valence-electron chi connectivity index (χ2n) is 2.87. The number of hydrazone groups is 1. The minimum atomic E-state index is -0.785. The number of hydrogen-bond acceptors (Lipinski definition) is 4. The van der Waals surface area contributed by atoms with E-state index >= 15 is 0 Å². The molecule has 0 aromatic heterocycles. The Balaban J connectivity index is 2.95. The first-order valence-electron chi connectivity index (χ1n) is 4.13. The number of urea groups is 1. The standard InChI is InChI=1S/C9H11N3O3/c1-5(11-12-9(10)15)7-3-2-6(13)4-8(7)14/h2-4,13-14H,1H3,(H3,10,12,15). The van der Waals surface area contributed by atoms with E-state index in [2.05, 4.69) is 5.10 Å². The third-order valence-corrected chi connectivity index (χ3v) is 1.70. The summed E-state index contributed by atoms with van der Waals surface area (Å²) in [6.07, 6.45) is 0. The van der Waals surface area contributed by atoms with Crippen molar-refractivity contribution >= 4 is 11.7 Å². The van der Waals surface area contributed by atoms with E-state index in [1.54, 1.807) is 6.92 Å². The largest absolute Gasteiger partial charge is 0.508 e. The number of amides is 2. The fourth-order valence-corrected chi connectivity index (χ4v) is 1.03. The molecule has 2 amide bonds. The molecule has 0 spiro atoms. The van der Waals surface area contributed by atoms with Gasteiger partial charge in [-0.2, -0.15) is 5.10 Å². The number of phenols is 2. The lowest BCUT2D eigenvalue weighted by atomic mass is 10.1. The number of hydrogen-bond donors (Lipinski definition) is 4. The number of aromatic hydroxyl groups is 2. The van der Waals surface area contributed by atoms with Gasteiger partial charge in [-0.1, -0.05) is 0 Å². The molecule has 0 aliphatic heterocycles. The second-order valence-corrected chi connectivity index (χ2v) is 2.87. The molecule has 0 unspecified atom stereocenters. The lowest BCUT2D eigenvalue weighted by Gasteiger charge is -2.04. The molecule has 0 aliphatic rings. The molecule has 0 saturated heterocycles. The molecule has 5 N–H and O–H groups in total. The number of benzene rings is 1. The highest BCUT2D eigenvalue weighted by atomic mass is 16.3. The highest BCUT2D eigenvalue weighted by Gasteiger charge is 2.05. The zero-order valence-corrected chi connectivity index (χ0v) is 8.06. The van der Waals surface area contributed by atoms with Crippen molar-refractivity contribution < 1.29 is 15.0 Å². The van der Waals surface area contributed by atoms with Crippen LogP contribution in [0.25, 0.3) is 0 Å². The highest BCUT2D eigenvalue weighted by Crippen LogP contribution is 2.22. The number of carbonyl (C=O) groups excluding carboxylic acids is 1. The van der Waals surface area contributed by atoms with Crippen LogP contribution in [0.3, 0.4) is 0 Å². The van der Waals surface area contributed by atoms with Crippen molar-refractivity contribution in [1.82, 2.24) is 5.43 Å². The van der Waals surface area contributed by atoms with Gasteiger partial charge in [0.1, 0.15) is 11.5 Å². The Bertz CT molecular complexity index is 415. The van der Waals surface area contributed by atoms with Gasteiger partial charge in [0.05, 0.1) is 5.71 Å². The summed E-state index contributed by atoms with van der Waals surface area (Å²) < 4.78 is 0. The van der Waals surface area contributed by atoms with Crippen molar-refractivity contribution in [2.24, 2.45) is 10.8 Å². The molecule has 15 heavy (non-hydrogen) atoms. The van der Waals surface area contributed by atoms with Gasteiger partial charge in [0.15, 0.2) is 0 Å². The van der Waals surface area contributed by atoms with E-state index in [1.165, 1.54) is 18.2 Å². The minimum Gasteiger partial charge on any atom is -0.508 e. The summed E-state index contributed by atoms with van der Waals surface area (Å²) in [5, 5.41) is 22.1. The van der Waals surface area contributed by atoms with Crippen molar-refractivity contribution in [3.05, 3.63) is 23.8 Å². The van der Waals surface area contributed by atoms with Gasteiger partial charge in [0, 0.05) is 11.6 Å². The normalized spacial score (nSPS) is 11.1. The van der Waals surface area contributed by atoms with Crippen molar-refractivity contribution in [2.75, 3.05) is 0 Å². The summed E-state index contributed by atoms with van der Waals surface area (Å²) in [5.74, 6) is -0.172. The summed E-state index contributed by atoms with van der Waals surface area (Å²) in [7, 11) is 0. The molecule has 0 atom stereocenters. The fraction of sp³-hybridized carbons (Fsp3) is 0.111. The van der Waals surface area contributed by atoms with Gasteiger partial charge in [-0.15, -0.1) is 0 Å². The van der Waals surface area contributed by atoms with Gasteiger partial charge in [-0.25, -0.2) is 10.2 Å². The monoisotopic (exact) mass is 209 g/mol. The second kappa shape index (κ2) is 4.32. The van der Waals surface area contributed by atoms with Crippen LogP contribution in [0.1, 0.15) is 12.5 Å². The number of nitrogens with one attached hydrogen (secondary N) is 1. The number of nitrogens with zero attached hydrogens (tertiary/aromatic N) is 1. The maximum Gasteiger partial charge on any atom is 0.332 e. The molecule has 0 bridgehead atoms. The summed E-state index contributed by atoms with van der Waals surface area (Å²) >= 11 is 0. The zero-order chi connectivity index (χ0) is 11.4. The van der Waals surface area contributed by atoms with Gasteiger partial charge < -0.3 is 15.9 Å². The van der Waals surface area contributed by atoms with Gasteiger partial charge in [0.25, 0.3) is 0 Å². The molecule has 80 valence electrons. The summed E-state index contributed by atoms with van der Waals surface area (Å²) in [6.45, 7) is 1.59. The molecule has 1 rings (SSSR count). The van der Waals surface area contributed by atoms with E-state index in [4.69, 9.17) is 10.8 Å². The molecular formula is C9H11N3O3. The van der Waals surface area contributed by atoms with Gasteiger partial charge in [0.2, 0.25) is 0 Å². The molecule has 0 heterocycles. The van der Waals surface area contributed by atoms with Gasteiger partial charge in [-0.05, 0) is 19.1 Å². The maximum absolute atomic E-state index is 10.4. The van der Waals surface area contributed by atoms with Crippen LogP contribution in [0, 0.1) is 0 Å². The van der Waals surface area contributed by atoms with E-state index in [-0.39, 0.29) is 11.5 Å². The predicted molar refractivity (Wildman–Crippen MR) is 54.7 cm³/mol. The summed E-state index contributed by atoms with van der Waals surface area (Å²) in [4.78, 5) is 10.4. The molecule has 0 fully saturated rings. The van der Waals surface area contributed by atoms with E-state index in [0.29, 0.717) is 11.3 Å². The quantitative estimate of drug-likeness (QED) is 0.420. The summed E-state index contributed by atoms with van der Waals surface area (Å²) in [6, 6.07) is 3.27. The molecule has 6 heteroatoms. The molecule has 1 aromatic carbocycles. The first-order chi connectivity index (χ1) is 7.00. The third kappa shape index (κ3) is 2.87. The van der Waals surface area contributed by atoms with Crippen LogP contribution in [0.2, 0.25) is 0 Å². The lowest BCUT2D eigenvalue weighted by molar-refractivity contribution is 0.249. The van der Waals surface area contributed by atoms with E-state index in [1.807, 2.05) is 5.43 Å². The Labute approximate surface area is 86.0 Å². The molecule has 6 nitrogen and oxygen atoms in total. The smallest absolute Gasteiger partial charge is 0.332 e. The van der Waals surface area contributed by atoms with Crippen molar-refractivity contribution in [3.63, 3.8) is 0 Å². The average molecular weight is 209 g/mol. The average Bonchev–Trinajstić information content (AvgIpc) is 2.14. The van der Waals surface area contributed by atoms with Crippen molar-refractivity contribution in [1.29, 1.82) is 0 Å². The molecule has 0 aliphatic carbocycles. The van der Waals surface area contributed by atoms with E-state index in [9.17, 15) is 9.90 Å². The molecule has 0 saturated carbocycles. The lowest BCUT2D eigenvalue weighted by Crippen LogP contribution is -2.25. The van der Waals surface area contributed by atoms with Crippen LogP contribution >= 0.6 is 0 Å². The van der Waals surface area contributed by atoms with Crippen LogP contribution in [0.4, 0.5) is 4.79 Å². The molecule has 1 aromatic rings. The number of primary amides is 1. The summed E-state index contributed by atoms with van der Waals surface area (Å²) in [5.41, 5.74) is 7.65. The Morgan fingerprint density at radius 3 is 2.67 bits per heavy atom. The van der Waals surface area contributed by atoms with E-state index < -0.39 is 6.03 Å². The van der Waals surface area contributed by atoms with Crippen LogP contribution in [-0.4, -0.2) is 22.0 Å². The van der Waals surface area contributed by atoms with Crippen molar-refractivity contribution in [2.45, 2.75) is 6.92 Å². The SMILES string of the molecule is CC(=NNC(N)=O)c1ccc(O)cc1O. The first kappa shape index (κ1) is 10.8. The highest BCUT2D eigenvalue weighted by molar-refractivity contribution is 6.01. The number of rotatable bonds is 2. The third-order valence-electron chi connectivity index (χ3n) is 1.70. The minimum absolute atomic E-state index is 0.0492. The van der Waals surface area contributed by atoms with E-state index in [0.717, 1.165) is 0 Å². The molecular weight excluding hydrogens is 198 g/mol. The van der Waals surface area contributed by atoms with Crippen LogP contribution in [-0.2, 0) is 0 Å². The Kier molecular flexibility index (Phi) is 3.12. The van der Waals surface area contributed by atoms with Gasteiger partial charge in [-0.3, -0.25) is 0 Å². The van der Waals surface area contributed by atoms with Crippen molar-refractivity contribution in [3.8, 4) is 11.5 Å². The predicted octanol–water partition coefficient (Wildman–Crippen LogP) is 0.490. The van der Waals surface area contributed by atoms with Crippen LogP contribution in [0.15, 0.2) is 23.3 Å². The fourth-order valence-electron chi connectivity index (χ4n) is 1.03. The topological polar surface area (TPSA) is 108 Å². The Hall–Kier alpha value is -2.24. The van der Waals surface area contributed by atoms with Gasteiger partial charge >= 0.3 is 6.03 Å². The molecule has 0 radical (unpaired) electrons. The number of carbonyl (C=O) groups is 1. The zero-order valence-electron chi connectivity index (χ0n) is 8.06. The first-order valence-corrected chi connectivity index (χ1v) is 4.13. The van der Waals surface area contributed by atoms with Crippen LogP contribution in [0.5, 0.6) is 11.5 Å². The van der Waals surface area contributed by atoms with Crippen LogP contribution < -0.4 is 11.2 Å². The maximum atomic E-state index is 10.4.